The van der Waals surface area contributed by atoms with E-state index >= 15 is 0 Å². The molecule has 1 heterocycles. The maximum Gasteiger partial charge on any atom is 0.355 e. The van der Waals surface area contributed by atoms with Crippen molar-refractivity contribution in [1.82, 2.24) is 4.57 Å². The lowest BCUT2D eigenvalue weighted by molar-refractivity contribution is 0.0461. The first-order chi connectivity index (χ1) is 9.61. The number of carbonyl (C=O) groups is 2. The standard InChI is InChI=1S/C15H15NO4/c1-16-8-4-7-13(16)15(18)20-10-11-5-3-6-12(9-11)14(17)19-2/h3-9H,10H2,1-2H3. The largest absolute Gasteiger partial charge is 0.465 e. The molecule has 5 heteroatoms. The Bertz CT molecular complexity index is 630. The van der Waals surface area contributed by atoms with Crippen LogP contribution in [0, 0.1) is 0 Å². The number of benzene rings is 1. The Morgan fingerprint density at radius 3 is 2.60 bits per heavy atom. The number of carbonyl (C=O) groups excluding carboxylic acids is 2. The monoisotopic (exact) mass is 273 g/mol. The summed E-state index contributed by atoms with van der Waals surface area (Å²) < 4.78 is 11.5. The van der Waals surface area contributed by atoms with E-state index in [4.69, 9.17) is 4.74 Å². The van der Waals surface area contributed by atoms with E-state index in [-0.39, 0.29) is 6.61 Å². The minimum Gasteiger partial charge on any atom is -0.465 e. The molecular formula is C15H15NO4. The summed E-state index contributed by atoms with van der Waals surface area (Å²) in [5.41, 5.74) is 1.64. The van der Waals surface area contributed by atoms with Gasteiger partial charge in [-0.15, -0.1) is 0 Å². The first-order valence-corrected chi connectivity index (χ1v) is 6.07. The maximum atomic E-state index is 11.8. The Balaban J connectivity index is 2.03. The van der Waals surface area contributed by atoms with Gasteiger partial charge in [-0.3, -0.25) is 0 Å². The second kappa shape index (κ2) is 6.06. The Morgan fingerprint density at radius 2 is 1.95 bits per heavy atom. The zero-order valence-corrected chi connectivity index (χ0v) is 11.3. The molecule has 0 aliphatic carbocycles. The number of aryl methyl sites for hydroxylation is 1. The summed E-state index contributed by atoms with van der Waals surface area (Å²) in [6.45, 7) is 0.106. The van der Waals surface area contributed by atoms with Crippen molar-refractivity contribution in [3.8, 4) is 0 Å². The molecule has 0 spiro atoms. The summed E-state index contributed by atoms with van der Waals surface area (Å²) >= 11 is 0. The molecule has 0 saturated carbocycles. The van der Waals surface area contributed by atoms with Gasteiger partial charge in [0.25, 0.3) is 0 Å². The second-order valence-electron chi connectivity index (χ2n) is 4.27. The van der Waals surface area contributed by atoms with Crippen molar-refractivity contribution in [3.05, 3.63) is 59.4 Å². The van der Waals surface area contributed by atoms with E-state index in [0.717, 1.165) is 5.56 Å². The maximum absolute atomic E-state index is 11.8. The van der Waals surface area contributed by atoms with Gasteiger partial charge in [0.2, 0.25) is 0 Å². The summed E-state index contributed by atoms with van der Waals surface area (Å²) in [6.07, 6.45) is 1.77. The fourth-order valence-corrected chi connectivity index (χ4v) is 1.80. The van der Waals surface area contributed by atoms with Gasteiger partial charge in [0.1, 0.15) is 12.3 Å². The van der Waals surface area contributed by atoms with E-state index in [1.807, 2.05) is 0 Å². The summed E-state index contributed by atoms with van der Waals surface area (Å²) in [7, 11) is 3.10. The molecule has 20 heavy (non-hydrogen) atoms. The van der Waals surface area contributed by atoms with E-state index in [2.05, 4.69) is 4.74 Å². The predicted octanol–water partition coefficient (Wildman–Crippen LogP) is 2.17. The number of aromatic nitrogens is 1. The lowest BCUT2D eigenvalue weighted by atomic mass is 10.1. The van der Waals surface area contributed by atoms with Crippen molar-refractivity contribution in [3.63, 3.8) is 0 Å². The van der Waals surface area contributed by atoms with Gasteiger partial charge in [-0.1, -0.05) is 12.1 Å². The van der Waals surface area contributed by atoms with Crippen LogP contribution in [0.1, 0.15) is 26.4 Å². The highest BCUT2D eigenvalue weighted by atomic mass is 16.5. The average Bonchev–Trinajstić information content (AvgIpc) is 2.90. The third-order valence-corrected chi connectivity index (χ3v) is 2.87. The summed E-state index contributed by atoms with van der Waals surface area (Å²) in [6, 6.07) is 10.3. The van der Waals surface area contributed by atoms with Crippen LogP contribution in [0.3, 0.4) is 0 Å². The van der Waals surface area contributed by atoms with Crippen LogP contribution in [0.4, 0.5) is 0 Å². The lowest BCUT2D eigenvalue weighted by Gasteiger charge is -2.07. The number of esters is 2. The first-order valence-electron chi connectivity index (χ1n) is 6.07. The SMILES string of the molecule is COC(=O)c1cccc(COC(=O)c2cccn2C)c1. The van der Waals surface area contributed by atoms with Crippen LogP contribution in [0.25, 0.3) is 0 Å². The molecule has 0 saturated heterocycles. The Hall–Kier alpha value is -2.56. The third kappa shape index (κ3) is 3.06. The molecule has 1 aromatic carbocycles. The average molecular weight is 273 g/mol. The van der Waals surface area contributed by atoms with Gasteiger partial charge in [0.05, 0.1) is 12.7 Å². The molecule has 2 rings (SSSR count). The molecule has 104 valence electrons. The fourth-order valence-electron chi connectivity index (χ4n) is 1.80. The normalized spacial score (nSPS) is 10.1. The van der Waals surface area contributed by atoms with Crippen molar-refractivity contribution >= 4 is 11.9 Å². The zero-order chi connectivity index (χ0) is 14.5. The van der Waals surface area contributed by atoms with E-state index < -0.39 is 11.9 Å². The quantitative estimate of drug-likeness (QED) is 0.801. The molecule has 0 fully saturated rings. The molecule has 0 amide bonds. The van der Waals surface area contributed by atoms with Gasteiger partial charge in [-0.25, -0.2) is 9.59 Å². The van der Waals surface area contributed by atoms with E-state index in [1.54, 1.807) is 54.2 Å². The van der Waals surface area contributed by atoms with Gasteiger partial charge in [-0.2, -0.15) is 0 Å². The summed E-state index contributed by atoms with van der Waals surface area (Å²) in [5, 5.41) is 0. The molecule has 0 aliphatic heterocycles. The predicted molar refractivity (Wildman–Crippen MR) is 72.3 cm³/mol. The fraction of sp³-hybridized carbons (Fsp3) is 0.200. The van der Waals surface area contributed by atoms with Gasteiger partial charge < -0.3 is 14.0 Å². The van der Waals surface area contributed by atoms with Crippen LogP contribution in [-0.4, -0.2) is 23.6 Å². The van der Waals surface area contributed by atoms with Crippen LogP contribution < -0.4 is 0 Å². The third-order valence-electron chi connectivity index (χ3n) is 2.87. The van der Waals surface area contributed by atoms with Crippen molar-refractivity contribution in [2.45, 2.75) is 6.61 Å². The Morgan fingerprint density at radius 1 is 1.15 bits per heavy atom. The van der Waals surface area contributed by atoms with Crippen molar-refractivity contribution < 1.29 is 19.1 Å². The summed E-state index contributed by atoms with van der Waals surface area (Å²) in [5.74, 6) is -0.818. The van der Waals surface area contributed by atoms with Crippen LogP contribution in [0.5, 0.6) is 0 Å². The number of ether oxygens (including phenoxy) is 2. The highest BCUT2D eigenvalue weighted by molar-refractivity contribution is 5.89. The zero-order valence-electron chi connectivity index (χ0n) is 11.3. The minimum absolute atomic E-state index is 0.106. The molecule has 0 radical (unpaired) electrons. The molecule has 0 N–H and O–H groups in total. The number of hydrogen-bond acceptors (Lipinski definition) is 4. The van der Waals surface area contributed by atoms with Gasteiger partial charge in [0, 0.05) is 13.2 Å². The smallest absolute Gasteiger partial charge is 0.355 e. The number of methoxy groups -OCH3 is 1. The first kappa shape index (κ1) is 13.9. The molecule has 0 aliphatic rings. The number of rotatable bonds is 4. The van der Waals surface area contributed by atoms with Gasteiger partial charge in [0.15, 0.2) is 0 Å². The second-order valence-corrected chi connectivity index (χ2v) is 4.27. The molecule has 2 aromatic rings. The van der Waals surface area contributed by atoms with Crippen LogP contribution >= 0.6 is 0 Å². The molecule has 5 nitrogen and oxygen atoms in total. The minimum atomic E-state index is -0.416. The number of nitrogens with zero attached hydrogens (tertiary/aromatic N) is 1. The molecule has 0 unspecified atom stereocenters. The van der Waals surface area contributed by atoms with Crippen molar-refractivity contribution in [2.75, 3.05) is 7.11 Å². The van der Waals surface area contributed by atoms with E-state index in [0.29, 0.717) is 11.3 Å². The van der Waals surface area contributed by atoms with Crippen LogP contribution in [0.2, 0.25) is 0 Å². The Labute approximate surface area is 116 Å². The van der Waals surface area contributed by atoms with E-state index in [1.165, 1.54) is 7.11 Å². The topological polar surface area (TPSA) is 57.5 Å². The molecular weight excluding hydrogens is 258 g/mol. The highest BCUT2D eigenvalue weighted by Gasteiger charge is 2.11. The molecule has 0 atom stereocenters. The molecule has 1 aromatic heterocycles. The van der Waals surface area contributed by atoms with Gasteiger partial charge >= 0.3 is 11.9 Å². The van der Waals surface area contributed by atoms with Crippen molar-refractivity contribution in [1.29, 1.82) is 0 Å². The van der Waals surface area contributed by atoms with E-state index in [9.17, 15) is 9.59 Å². The number of hydrogen-bond donors (Lipinski definition) is 0. The highest BCUT2D eigenvalue weighted by Crippen LogP contribution is 2.10. The van der Waals surface area contributed by atoms with Crippen LogP contribution in [-0.2, 0) is 23.1 Å². The van der Waals surface area contributed by atoms with Crippen LogP contribution in [0.15, 0.2) is 42.6 Å². The Kier molecular flexibility index (Phi) is 4.20. The lowest BCUT2D eigenvalue weighted by Crippen LogP contribution is -2.10. The molecule has 0 bridgehead atoms. The summed E-state index contributed by atoms with van der Waals surface area (Å²) in [4.78, 5) is 23.2. The van der Waals surface area contributed by atoms with Crippen molar-refractivity contribution in [2.24, 2.45) is 7.05 Å². The van der Waals surface area contributed by atoms with Gasteiger partial charge in [-0.05, 0) is 29.8 Å².